The lowest BCUT2D eigenvalue weighted by molar-refractivity contribution is -0.118. The number of nitrogens with zero attached hydrogens (tertiary/aromatic N) is 3. The van der Waals surface area contributed by atoms with E-state index in [0.29, 0.717) is 12.4 Å². The van der Waals surface area contributed by atoms with Crippen molar-refractivity contribution in [3.05, 3.63) is 42.4 Å². The molecule has 2 aromatic heterocycles. The van der Waals surface area contributed by atoms with E-state index in [-0.39, 0.29) is 24.8 Å². The molecule has 0 bridgehead atoms. The van der Waals surface area contributed by atoms with Crippen molar-refractivity contribution >= 4 is 36.5 Å². The molecule has 1 unspecified atom stereocenters. The van der Waals surface area contributed by atoms with Crippen LogP contribution in [0, 0.1) is 0 Å². The highest BCUT2D eigenvalue weighted by Crippen LogP contribution is 2.25. The summed E-state index contributed by atoms with van der Waals surface area (Å²) in [6.07, 6.45) is 4.60. The van der Waals surface area contributed by atoms with Gasteiger partial charge in [-0.1, -0.05) is 0 Å². The molecular weight excluding hydrogens is 363 g/mol. The van der Waals surface area contributed by atoms with E-state index in [4.69, 9.17) is 0 Å². The lowest BCUT2D eigenvalue weighted by Crippen LogP contribution is -2.35. The van der Waals surface area contributed by atoms with Crippen LogP contribution in [0.1, 0.15) is 12.0 Å². The zero-order chi connectivity index (χ0) is 15.6. The van der Waals surface area contributed by atoms with Crippen LogP contribution in [0.15, 0.2) is 36.8 Å². The van der Waals surface area contributed by atoms with Crippen LogP contribution in [-0.2, 0) is 11.3 Å². The molecule has 1 atom stereocenters. The van der Waals surface area contributed by atoms with Gasteiger partial charge in [-0.25, -0.2) is 8.78 Å². The van der Waals surface area contributed by atoms with Crippen molar-refractivity contribution in [2.75, 3.05) is 11.9 Å². The van der Waals surface area contributed by atoms with Gasteiger partial charge in [0, 0.05) is 31.1 Å². The first-order chi connectivity index (χ1) is 10.5. The summed E-state index contributed by atoms with van der Waals surface area (Å²) < 4.78 is 27.8. The predicted octanol–water partition coefficient (Wildman–Crippen LogP) is 2.11. The fraction of sp³-hybridized carbons (Fsp3) is 0.357. The van der Waals surface area contributed by atoms with Crippen LogP contribution in [0.4, 0.5) is 14.6 Å². The third kappa shape index (κ3) is 5.12. The van der Waals surface area contributed by atoms with Gasteiger partial charge in [-0.3, -0.25) is 19.8 Å². The van der Waals surface area contributed by atoms with Crippen molar-refractivity contribution in [3.8, 4) is 0 Å². The van der Waals surface area contributed by atoms with E-state index < -0.39 is 30.8 Å². The summed E-state index contributed by atoms with van der Waals surface area (Å²) >= 11 is 0. The number of hydrogen-bond donors (Lipinski definition) is 2. The number of amides is 1. The molecular formula is C14H17Cl2F2N5O. The quantitative estimate of drug-likeness (QED) is 0.853. The summed E-state index contributed by atoms with van der Waals surface area (Å²) in [5, 5.41) is 9.26. The summed E-state index contributed by atoms with van der Waals surface area (Å²) in [5.41, 5.74) is 1.02. The van der Waals surface area contributed by atoms with Crippen molar-refractivity contribution < 1.29 is 13.6 Å². The van der Waals surface area contributed by atoms with Crippen LogP contribution in [0.25, 0.3) is 0 Å². The lowest BCUT2D eigenvalue weighted by Gasteiger charge is -2.09. The van der Waals surface area contributed by atoms with E-state index in [1.54, 1.807) is 29.3 Å². The van der Waals surface area contributed by atoms with Gasteiger partial charge in [0.15, 0.2) is 5.82 Å². The minimum atomic E-state index is -2.83. The summed E-state index contributed by atoms with van der Waals surface area (Å²) in [7, 11) is 0. The van der Waals surface area contributed by atoms with Gasteiger partial charge >= 0.3 is 0 Å². The largest absolute Gasteiger partial charge is 0.308 e. The first-order valence-corrected chi connectivity index (χ1v) is 6.86. The second-order valence-corrected chi connectivity index (χ2v) is 5.24. The number of rotatable bonds is 4. The van der Waals surface area contributed by atoms with Crippen molar-refractivity contribution in [2.24, 2.45) is 0 Å². The molecule has 2 aromatic rings. The molecule has 0 aliphatic carbocycles. The molecule has 1 amide bonds. The normalized spacial score (nSPS) is 18.3. The Morgan fingerprint density at radius 3 is 2.67 bits per heavy atom. The molecule has 1 saturated heterocycles. The molecule has 24 heavy (non-hydrogen) atoms. The Kier molecular flexibility index (Phi) is 7.07. The Bertz CT molecular complexity index is 668. The maximum Gasteiger partial charge on any atom is 0.262 e. The highest BCUT2D eigenvalue weighted by Gasteiger charge is 2.42. The number of anilines is 1. The van der Waals surface area contributed by atoms with E-state index in [1.807, 2.05) is 12.1 Å². The molecule has 1 aliphatic heterocycles. The fourth-order valence-electron chi connectivity index (χ4n) is 2.31. The van der Waals surface area contributed by atoms with E-state index >= 15 is 0 Å². The molecule has 2 N–H and O–H groups in total. The van der Waals surface area contributed by atoms with Gasteiger partial charge in [-0.2, -0.15) is 5.10 Å². The van der Waals surface area contributed by atoms with Crippen molar-refractivity contribution in [2.45, 2.75) is 24.9 Å². The molecule has 0 saturated carbocycles. The number of nitrogens with one attached hydrogen (secondary N) is 2. The predicted molar refractivity (Wildman–Crippen MR) is 90.0 cm³/mol. The molecule has 132 valence electrons. The summed E-state index contributed by atoms with van der Waals surface area (Å²) in [5.74, 6) is -2.98. The smallest absolute Gasteiger partial charge is 0.262 e. The van der Waals surface area contributed by atoms with Crippen LogP contribution in [-0.4, -0.2) is 39.2 Å². The summed E-state index contributed by atoms with van der Waals surface area (Å²) in [6, 6.07) is 4.47. The molecule has 0 spiro atoms. The first-order valence-electron chi connectivity index (χ1n) is 6.86. The minimum Gasteiger partial charge on any atom is -0.308 e. The zero-order valence-corrected chi connectivity index (χ0v) is 14.1. The molecule has 10 heteroatoms. The molecule has 1 aliphatic rings. The topological polar surface area (TPSA) is 71.8 Å². The van der Waals surface area contributed by atoms with Gasteiger partial charge < -0.3 is 5.32 Å². The standard InChI is InChI=1S/C14H15F2N5O.2ClH/c15-14(16)7-11(18-9-14)13(22)19-12-3-6-21(20-12)8-10-1-4-17-5-2-10;;/h1-6,11,18H,7-9H2,(H,19,20,22);2*1H. The Balaban J connectivity index is 0.00000144. The first kappa shape index (κ1) is 20.3. The van der Waals surface area contributed by atoms with Crippen LogP contribution >= 0.6 is 24.8 Å². The second kappa shape index (κ2) is 8.36. The third-order valence-corrected chi connectivity index (χ3v) is 3.41. The Labute approximate surface area is 149 Å². The SMILES string of the molecule is Cl.Cl.O=C(Nc1ccn(Cc2ccncc2)n1)C1CC(F)(F)CN1. The number of carbonyl (C=O) groups is 1. The Morgan fingerprint density at radius 2 is 2.04 bits per heavy atom. The number of pyridine rings is 1. The van der Waals surface area contributed by atoms with E-state index in [0.717, 1.165) is 5.56 Å². The maximum absolute atomic E-state index is 13.1. The Hall–Kier alpha value is -1.77. The second-order valence-electron chi connectivity index (χ2n) is 5.24. The Morgan fingerprint density at radius 1 is 1.33 bits per heavy atom. The van der Waals surface area contributed by atoms with E-state index in [9.17, 15) is 13.6 Å². The fourth-order valence-corrected chi connectivity index (χ4v) is 2.31. The summed E-state index contributed by atoms with van der Waals surface area (Å²) in [6.45, 7) is 0.0692. The molecule has 0 radical (unpaired) electrons. The highest BCUT2D eigenvalue weighted by atomic mass is 35.5. The number of aromatic nitrogens is 3. The number of alkyl halides is 2. The van der Waals surface area contributed by atoms with Gasteiger partial charge in [0.1, 0.15) is 0 Å². The zero-order valence-electron chi connectivity index (χ0n) is 12.5. The van der Waals surface area contributed by atoms with Crippen LogP contribution < -0.4 is 10.6 Å². The van der Waals surface area contributed by atoms with Gasteiger partial charge in [-0.05, 0) is 17.7 Å². The lowest BCUT2D eigenvalue weighted by atomic mass is 10.2. The highest BCUT2D eigenvalue weighted by molar-refractivity contribution is 5.94. The van der Waals surface area contributed by atoms with Gasteiger partial charge in [-0.15, -0.1) is 24.8 Å². The number of hydrogen-bond acceptors (Lipinski definition) is 4. The van der Waals surface area contributed by atoms with E-state index in [2.05, 4.69) is 20.7 Å². The molecule has 3 heterocycles. The van der Waals surface area contributed by atoms with Crippen LogP contribution in [0.5, 0.6) is 0 Å². The van der Waals surface area contributed by atoms with Gasteiger partial charge in [0.25, 0.3) is 5.92 Å². The maximum atomic E-state index is 13.1. The molecule has 6 nitrogen and oxygen atoms in total. The van der Waals surface area contributed by atoms with Crippen LogP contribution in [0.2, 0.25) is 0 Å². The third-order valence-electron chi connectivity index (χ3n) is 3.41. The van der Waals surface area contributed by atoms with Crippen molar-refractivity contribution in [1.82, 2.24) is 20.1 Å². The van der Waals surface area contributed by atoms with Crippen molar-refractivity contribution in [3.63, 3.8) is 0 Å². The number of carbonyl (C=O) groups excluding carboxylic acids is 1. The van der Waals surface area contributed by atoms with Gasteiger partial charge in [0.2, 0.25) is 5.91 Å². The van der Waals surface area contributed by atoms with Crippen LogP contribution in [0.3, 0.4) is 0 Å². The van der Waals surface area contributed by atoms with Crippen molar-refractivity contribution in [1.29, 1.82) is 0 Å². The van der Waals surface area contributed by atoms with Gasteiger partial charge in [0.05, 0.1) is 19.1 Å². The van der Waals surface area contributed by atoms with E-state index in [1.165, 1.54) is 0 Å². The average Bonchev–Trinajstić information content (AvgIpc) is 3.06. The monoisotopic (exact) mass is 379 g/mol. The molecule has 1 fully saturated rings. The number of halogens is 4. The molecule has 3 rings (SSSR count). The average molecular weight is 380 g/mol. The summed E-state index contributed by atoms with van der Waals surface area (Å²) in [4.78, 5) is 15.8. The molecule has 0 aromatic carbocycles. The minimum absolute atomic E-state index is 0.